The molecule has 0 aliphatic rings. The molecule has 1 aromatic carbocycles. The molecule has 0 aliphatic carbocycles. The first-order valence-electron chi connectivity index (χ1n) is 5.65. The van der Waals surface area contributed by atoms with E-state index >= 15 is 0 Å². The van der Waals surface area contributed by atoms with E-state index in [9.17, 15) is 4.39 Å². The van der Waals surface area contributed by atoms with Gasteiger partial charge in [-0.05, 0) is 27.6 Å². The summed E-state index contributed by atoms with van der Waals surface area (Å²) in [5.41, 5.74) is 1.03. The fourth-order valence-electron chi connectivity index (χ4n) is 1.68. The Morgan fingerprint density at radius 1 is 1.30 bits per heavy atom. The predicted molar refractivity (Wildman–Crippen MR) is 79.7 cm³/mol. The Morgan fingerprint density at radius 3 is 2.75 bits per heavy atom. The summed E-state index contributed by atoms with van der Waals surface area (Å²) >= 11 is 15.1. The normalized spacial score (nSPS) is 10.8. The summed E-state index contributed by atoms with van der Waals surface area (Å²) in [5, 5.41) is 0.340. The van der Waals surface area contributed by atoms with Gasteiger partial charge in [0.05, 0.1) is 21.8 Å². The summed E-state index contributed by atoms with van der Waals surface area (Å²) in [6.45, 7) is 0.286. The minimum absolute atomic E-state index is 0.0721. The fourth-order valence-corrected chi connectivity index (χ4v) is 2.37. The van der Waals surface area contributed by atoms with Gasteiger partial charge in [-0.2, -0.15) is 0 Å². The molecule has 0 fully saturated rings. The second-order valence-corrected chi connectivity index (χ2v) is 5.57. The molecule has 3 nitrogen and oxygen atoms in total. The number of aromatic nitrogens is 2. The van der Waals surface area contributed by atoms with Crippen LogP contribution in [0.25, 0.3) is 0 Å². The lowest BCUT2D eigenvalue weighted by atomic mass is 10.1. The molecular formula is C13H10BrCl2FN2O. The minimum Gasteiger partial charge on any atom is -0.378 e. The molecule has 2 aromatic rings. The number of rotatable bonds is 4. The van der Waals surface area contributed by atoms with Gasteiger partial charge in [0.15, 0.2) is 0 Å². The van der Waals surface area contributed by atoms with Gasteiger partial charge in [-0.15, -0.1) is 0 Å². The van der Waals surface area contributed by atoms with E-state index in [0.29, 0.717) is 21.6 Å². The van der Waals surface area contributed by atoms with Crippen molar-refractivity contribution in [3.63, 3.8) is 0 Å². The van der Waals surface area contributed by atoms with Crippen LogP contribution in [-0.4, -0.2) is 17.1 Å². The maximum Gasteiger partial charge on any atom is 0.147 e. The highest BCUT2D eigenvalue weighted by atomic mass is 79.9. The van der Waals surface area contributed by atoms with Crippen molar-refractivity contribution in [3.05, 3.63) is 55.7 Å². The summed E-state index contributed by atoms with van der Waals surface area (Å²) in [7, 11) is 1.55. The number of halogens is 4. The molecule has 20 heavy (non-hydrogen) atoms. The van der Waals surface area contributed by atoms with Crippen molar-refractivity contribution in [1.82, 2.24) is 9.97 Å². The van der Waals surface area contributed by atoms with Crippen molar-refractivity contribution in [2.45, 2.75) is 13.0 Å². The van der Waals surface area contributed by atoms with Crippen LogP contribution < -0.4 is 0 Å². The van der Waals surface area contributed by atoms with E-state index in [-0.39, 0.29) is 23.2 Å². The summed E-state index contributed by atoms with van der Waals surface area (Å²) in [4.78, 5) is 8.44. The van der Waals surface area contributed by atoms with Crippen LogP contribution in [0.3, 0.4) is 0 Å². The largest absolute Gasteiger partial charge is 0.378 e. The number of nitrogens with zero attached hydrogens (tertiary/aromatic N) is 2. The van der Waals surface area contributed by atoms with Crippen LogP contribution in [0, 0.1) is 5.82 Å². The van der Waals surface area contributed by atoms with Crippen molar-refractivity contribution in [3.8, 4) is 0 Å². The molecule has 2 rings (SSSR count). The third-order valence-corrected chi connectivity index (χ3v) is 4.21. The number of hydrogen-bond acceptors (Lipinski definition) is 3. The SMILES string of the molecule is COCc1nc(Cc2cccc(Cl)c2F)nc(Cl)c1Br. The molecule has 0 saturated heterocycles. The number of methoxy groups -OCH3 is 1. The molecule has 0 saturated carbocycles. The summed E-state index contributed by atoms with van der Waals surface area (Å²) in [6, 6.07) is 4.81. The molecule has 0 bridgehead atoms. The van der Waals surface area contributed by atoms with Crippen molar-refractivity contribution < 1.29 is 9.13 Å². The predicted octanol–water partition coefficient (Wildman–Crippen LogP) is 4.42. The number of benzene rings is 1. The van der Waals surface area contributed by atoms with Gasteiger partial charge in [-0.1, -0.05) is 35.3 Å². The molecule has 7 heteroatoms. The van der Waals surface area contributed by atoms with E-state index < -0.39 is 5.82 Å². The maximum atomic E-state index is 13.9. The molecule has 0 N–H and O–H groups in total. The Hall–Kier alpha value is -0.750. The van der Waals surface area contributed by atoms with E-state index in [2.05, 4.69) is 25.9 Å². The van der Waals surface area contributed by atoms with Gasteiger partial charge in [-0.25, -0.2) is 14.4 Å². The highest BCUT2D eigenvalue weighted by Gasteiger charge is 2.13. The average Bonchev–Trinajstić information content (AvgIpc) is 2.41. The van der Waals surface area contributed by atoms with Crippen LogP contribution in [0.4, 0.5) is 4.39 Å². The van der Waals surface area contributed by atoms with Gasteiger partial charge in [0, 0.05) is 13.5 Å². The molecule has 0 radical (unpaired) electrons. The van der Waals surface area contributed by atoms with Gasteiger partial charge < -0.3 is 4.74 Å². The van der Waals surface area contributed by atoms with Crippen LogP contribution in [-0.2, 0) is 17.8 Å². The highest BCUT2D eigenvalue weighted by Crippen LogP contribution is 2.25. The van der Waals surface area contributed by atoms with E-state index in [1.54, 1.807) is 19.2 Å². The lowest BCUT2D eigenvalue weighted by Crippen LogP contribution is -2.05. The second kappa shape index (κ2) is 6.80. The van der Waals surface area contributed by atoms with Crippen molar-refractivity contribution in [2.24, 2.45) is 0 Å². The summed E-state index contributed by atoms with van der Waals surface area (Å²) < 4.78 is 19.5. The third-order valence-electron chi connectivity index (χ3n) is 2.59. The molecule has 0 atom stereocenters. The van der Waals surface area contributed by atoms with E-state index in [4.69, 9.17) is 27.9 Å². The monoisotopic (exact) mass is 378 g/mol. The standard InChI is InChI=1S/C13H10BrCl2FN2O/c1-20-6-9-11(14)13(16)19-10(18-9)5-7-3-2-4-8(15)12(7)17/h2-4H,5-6H2,1H3. The van der Waals surface area contributed by atoms with Gasteiger partial charge in [-0.3, -0.25) is 0 Å². The molecule has 106 valence electrons. The Morgan fingerprint density at radius 2 is 2.05 bits per heavy atom. The lowest BCUT2D eigenvalue weighted by Gasteiger charge is -2.08. The Bertz CT molecular complexity index is 640. The van der Waals surface area contributed by atoms with Crippen LogP contribution in [0.15, 0.2) is 22.7 Å². The van der Waals surface area contributed by atoms with Gasteiger partial charge in [0.2, 0.25) is 0 Å². The summed E-state index contributed by atoms with van der Waals surface area (Å²) in [6.07, 6.45) is 0.204. The fraction of sp³-hybridized carbons (Fsp3) is 0.231. The zero-order chi connectivity index (χ0) is 14.7. The maximum absolute atomic E-state index is 13.9. The molecule has 1 aromatic heterocycles. The number of hydrogen-bond donors (Lipinski definition) is 0. The first-order chi connectivity index (χ1) is 9.52. The third kappa shape index (κ3) is 3.47. The Balaban J connectivity index is 2.36. The van der Waals surface area contributed by atoms with Crippen molar-refractivity contribution in [1.29, 1.82) is 0 Å². The van der Waals surface area contributed by atoms with Crippen LogP contribution in [0.2, 0.25) is 10.2 Å². The summed E-state index contributed by atoms with van der Waals surface area (Å²) in [5.74, 6) is -0.0588. The van der Waals surface area contributed by atoms with E-state index in [1.807, 2.05) is 0 Å². The molecule has 0 unspecified atom stereocenters. The Kier molecular flexibility index (Phi) is 5.32. The zero-order valence-electron chi connectivity index (χ0n) is 10.5. The molecule has 1 heterocycles. The Labute approximate surface area is 134 Å². The number of ether oxygens (including phenoxy) is 1. The molecule has 0 spiro atoms. The lowest BCUT2D eigenvalue weighted by molar-refractivity contribution is 0.180. The molecule has 0 aliphatic heterocycles. The highest BCUT2D eigenvalue weighted by molar-refractivity contribution is 9.10. The first-order valence-corrected chi connectivity index (χ1v) is 7.20. The van der Waals surface area contributed by atoms with Crippen LogP contribution >= 0.6 is 39.1 Å². The van der Waals surface area contributed by atoms with Gasteiger partial charge in [0.25, 0.3) is 0 Å². The van der Waals surface area contributed by atoms with E-state index in [0.717, 1.165) is 0 Å². The van der Waals surface area contributed by atoms with E-state index in [1.165, 1.54) is 6.07 Å². The second-order valence-electron chi connectivity index (χ2n) is 4.01. The zero-order valence-corrected chi connectivity index (χ0v) is 13.6. The topological polar surface area (TPSA) is 35.0 Å². The average molecular weight is 380 g/mol. The van der Waals surface area contributed by atoms with Crippen LogP contribution in [0.1, 0.15) is 17.1 Å². The van der Waals surface area contributed by atoms with Crippen molar-refractivity contribution in [2.75, 3.05) is 7.11 Å². The molecule has 0 amide bonds. The van der Waals surface area contributed by atoms with Crippen molar-refractivity contribution >= 4 is 39.1 Å². The van der Waals surface area contributed by atoms with Gasteiger partial charge >= 0.3 is 0 Å². The van der Waals surface area contributed by atoms with Crippen LogP contribution in [0.5, 0.6) is 0 Å². The smallest absolute Gasteiger partial charge is 0.147 e. The molecular weight excluding hydrogens is 370 g/mol. The quantitative estimate of drug-likeness (QED) is 0.737. The first kappa shape index (κ1) is 15.6. The van der Waals surface area contributed by atoms with Gasteiger partial charge in [0.1, 0.15) is 16.8 Å². The minimum atomic E-state index is -0.468.